The molecule has 150 valence electrons. The number of likely N-dealkylation sites (tertiary alicyclic amines) is 1. The van der Waals surface area contributed by atoms with Crippen LogP contribution in [-0.4, -0.2) is 29.9 Å². The number of benzene rings is 2. The van der Waals surface area contributed by atoms with Crippen LogP contribution < -0.4 is 15.9 Å². The van der Waals surface area contributed by atoms with Crippen molar-refractivity contribution in [2.24, 2.45) is 10.9 Å². The summed E-state index contributed by atoms with van der Waals surface area (Å²) in [6.45, 7) is 1.25. The van der Waals surface area contributed by atoms with Gasteiger partial charge in [-0.15, -0.1) is 0 Å². The van der Waals surface area contributed by atoms with E-state index in [0.29, 0.717) is 30.6 Å². The molecule has 6 nitrogen and oxygen atoms in total. The number of carbonyl (C=O) groups is 1. The van der Waals surface area contributed by atoms with Gasteiger partial charge in [0, 0.05) is 30.1 Å². The summed E-state index contributed by atoms with van der Waals surface area (Å²) in [6.07, 6.45) is 7.90. The van der Waals surface area contributed by atoms with Gasteiger partial charge in [0.25, 0.3) is 0 Å². The number of hydrogen-bond acceptors (Lipinski definition) is 5. The minimum Gasteiger partial charge on any atom is -0.377 e. The molecular formula is C25H19N5O. The number of nitriles is 2. The van der Waals surface area contributed by atoms with E-state index in [-0.39, 0.29) is 17.9 Å². The fourth-order valence-electron chi connectivity index (χ4n) is 4.15. The summed E-state index contributed by atoms with van der Waals surface area (Å²) in [5.74, 6) is -0.176. The maximum Gasteiger partial charge on any atom is 0.230 e. The second kappa shape index (κ2) is 7.59. The van der Waals surface area contributed by atoms with Crippen LogP contribution in [0.2, 0.25) is 0 Å². The summed E-state index contributed by atoms with van der Waals surface area (Å²) >= 11 is 0. The summed E-state index contributed by atoms with van der Waals surface area (Å²) in [7, 11) is 0. The lowest BCUT2D eigenvalue weighted by Crippen LogP contribution is -2.59. The molecule has 1 N–H and O–H groups in total. The monoisotopic (exact) mass is 405 g/mol. The molecule has 2 heterocycles. The average molecular weight is 405 g/mol. The molecule has 1 unspecified atom stereocenters. The Morgan fingerprint density at radius 2 is 2.00 bits per heavy atom. The summed E-state index contributed by atoms with van der Waals surface area (Å²) in [4.78, 5) is 19.0. The fourth-order valence-corrected chi connectivity index (χ4v) is 4.15. The third-order valence-corrected chi connectivity index (χ3v) is 5.86. The number of allylic oxidation sites excluding steroid dienone is 3. The van der Waals surface area contributed by atoms with Gasteiger partial charge < -0.3 is 10.2 Å². The molecule has 31 heavy (non-hydrogen) atoms. The first-order chi connectivity index (χ1) is 15.1. The van der Waals surface area contributed by atoms with Crippen LogP contribution in [0.5, 0.6) is 0 Å². The Labute approximate surface area is 179 Å². The van der Waals surface area contributed by atoms with Gasteiger partial charge in [0.2, 0.25) is 5.91 Å². The summed E-state index contributed by atoms with van der Waals surface area (Å²) in [5, 5.41) is 23.8. The number of nitrogens with one attached hydrogen (secondary N) is 1. The standard InChI is InChI=1S/C25H19N5O/c26-11-16-3-1-5-18(7-16)20-9-21-13-28-24(21)23(10-20)29-22-14-30(15-22)25(31)19-6-2-4-17(8-19)12-27/h1-5,7-10,13,19,22,29H,6,14-15H2. The molecule has 3 aliphatic rings. The smallest absolute Gasteiger partial charge is 0.230 e. The van der Waals surface area contributed by atoms with E-state index in [4.69, 9.17) is 5.26 Å². The van der Waals surface area contributed by atoms with Crippen LogP contribution in [0.1, 0.15) is 12.0 Å². The van der Waals surface area contributed by atoms with Crippen LogP contribution in [0.25, 0.3) is 17.3 Å². The van der Waals surface area contributed by atoms with Gasteiger partial charge >= 0.3 is 0 Å². The molecule has 0 radical (unpaired) electrons. The topological polar surface area (TPSA) is 92.3 Å². The largest absolute Gasteiger partial charge is 0.377 e. The van der Waals surface area contributed by atoms with E-state index in [1.54, 1.807) is 18.2 Å². The number of nitrogens with zero attached hydrogens (tertiary/aromatic N) is 4. The highest BCUT2D eigenvalue weighted by atomic mass is 16.2. The molecular weight excluding hydrogens is 386 g/mol. The SMILES string of the molecule is N#CC1=CC(C(=O)N2CC(Nc3cc(-c4cccc(C#N)c4)cc4c3=NC=4)C2)CC=C1. The number of anilines is 1. The van der Waals surface area contributed by atoms with E-state index in [0.717, 1.165) is 27.4 Å². The molecule has 6 heteroatoms. The van der Waals surface area contributed by atoms with E-state index in [1.165, 1.54) is 0 Å². The highest BCUT2D eigenvalue weighted by molar-refractivity contribution is 5.82. The van der Waals surface area contributed by atoms with E-state index >= 15 is 0 Å². The summed E-state index contributed by atoms with van der Waals surface area (Å²) < 4.78 is 0. The minimum absolute atomic E-state index is 0.0725. The molecule has 2 aromatic carbocycles. The van der Waals surface area contributed by atoms with E-state index < -0.39 is 0 Å². The van der Waals surface area contributed by atoms with Crippen molar-refractivity contribution in [3.63, 3.8) is 0 Å². The first kappa shape index (κ1) is 18.8. The Morgan fingerprint density at radius 3 is 2.74 bits per heavy atom. The van der Waals surface area contributed by atoms with Gasteiger partial charge in [-0.25, -0.2) is 0 Å². The van der Waals surface area contributed by atoms with E-state index in [9.17, 15) is 10.1 Å². The van der Waals surface area contributed by atoms with Crippen LogP contribution in [0.3, 0.4) is 0 Å². The lowest BCUT2D eigenvalue weighted by molar-refractivity contribution is -0.137. The molecule has 1 fully saturated rings. The van der Waals surface area contributed by atoms with Gasteiger partial charge in [0.1, 0.15) is 0 Å². The van der Waals surface area contributed by atoms with Crippen molar-refractivity contribution in [1.29, 1.82) is 10.5 Å². The Morgan fingerprint density at radius 1 is 1.13 bits per heavy atom. The highest BCUT2D eigenvalue weighted by Crippen LogP contribution is 2.25. The molecule has 0 spiro atoms. The number of hydrogen-bond donors (Lipinski definition) is 1. The van der Waals surface area contributed by atoms with Crippen LogP contribution in [0.4, 0.5) is 5.69 Å². The van der Waals surface area contributed by atoms with Crippen molar-refractivity contribution in [3.8, 4) is 23.3 Å². The number of amides is 1. The zero-order chi connectivity index (χ0) is 21.4. The Hall–Kier alpha value is -4.16. The van der Waals surface area contributed by atoms with Crippen LogP contribution >= 0.6 is 0 Å². The second-order valence-electron chi connectivity index (χ2n) is 7.98. The molecule has 1 saturated heterocycles. The third-order valence-electron chi connectivity index (χ3n) is 5.86. The summed E-state index contributed by atoms with van der Waals surface area (Å²) in [6, 6.07) is 16.1. The zero-order valence-electron chi connectivity index (χ0n) is 16.7. The molecule has 5 rings (SSSR count). The Kier molecular flexibility index (Phi) is 4.61. The zero-order valence-corrected chi connectivity index (χ0v) is 16.7. The van der Waals surface area contributed by atoms with Gasteiger partial charge in [-0.1, -0.05) is 24.3 Å². The number of carbonyl (C=O) groups excluding carboxylic acids is 1. The lowest BCUT2D eigenvalue weighted by atomic mass is 9.93. The van der Waals surface area contributed by atoms with Crippen molar-refractivity contribution in [3.05, 3.63) is 76.3 Å². The molecule has 2 aliphatic heterocycles. The Balaban J connectivity index is 1.29. The molecule has 1 amide bonds. The molecule has 2 aromatic rings. The fraction of sp³-hybridized carbons (Fsp3) is 0.200. The van der Waals surface area contributed by atoms with Crippen LogP contribution in [0, 0.1) is 28.6 Å². The quantitative estimate of drug-likeness (QED) is 0.844. The van der Waals surface area contributed by atoms with Crippen LogP contribution in [0.15, 0.2) is 65.2 Å². The van der Waals surface area contributed by atoms with Gasteiger partial charge in [0.05, 0.1) is 40.7 Å². The molecule has 0 aromatic heterocycles. The molecule has 1 aliphatic carbocycles. The van der Waals surface area contributed by atoms with Crippen molar-refractivity contribution in [2.75, 3.05) is 18.4 Å². The van der Waals surface area contributed by atoms with E-state index in [2.05, 4.69) is 34.6 Å². The van der Waals surface area contributed by atoms with Crippen molar-refractivity contribution in [1.82, 2.24) is 4.90 Å². The highest BCUT2D eigenvalue weighted by Gasteiger charge is 2.34. The predicted molar refractivity (Wildman–Crippen MR) is 117 cm³/mol. The van der Waals surface area contributed by atoms with Crippen molar-refractivity contribution >= 4 is 17.8 Å². The van der Waals surface area contributed by atoms with Gasteiger partial charge in [0.15, 0.2) is 0 Å². The average Bonchev–Trinajstić information content (AvgIpc) is 2.76. The first-order valence-corrected chi connectivity index (χ1v) is 10.2. The van der Waals surface area contributed by atoms with E-state index in [1.807, 2.05) is 35.4 Å². The lowest BCUT2D eigenvalue weighted by Gasteiger charge is -2.41. The summed E-state index contributed by atoms with van der Waals surface area (Å²) in [5.41, 5.74) is 4.14. The van der Waals surface area contributed by atoms with Crippen molar-refractivity contribution in [2.45, 2.75) is 12.5 Å². The number of rotatable bonds is 4. The molecule has 0 saturated carbocycles. The minimum atomic E-state index is -0.248. The second-order valence-corrected chi connectivity index (χ2v) is 7.98. The van der Waals surface area contributed by atoms with Crippen molar-refractivity contribution < 1.29 is 4.79 Å². The third kappa shape index (κ3) is 3.49. The van der Waals surface area contributed by atoms with Gasteiger partial charge in [-0.05, 0) is 47.9 Å². The molecule has 0 bridgehead atoms. The first-order valence-electron chi connectivity index (χ1n) is 10.2. The maximum atomic E-state index is 12.7. The molecule has 1 atom stereocenters. The van der Waals surface area contributed by atoms with Gasteiger partial charge in [-0.3, -0.25) is 9.79 Å². The predicted octanol–water partition coefficient (Wildman–Crippen LogP) is 2.25. The number of fused-ring (bicyclic) bond motifs is 1. The normalized spacial score (nSPS) is 18.7. The van der Waals surface area contributed by atoms with Crippen LogP contribution in [-0.2, 0) is 4.79 Å². The van der Waals surface area contributed by atoms with Gasteiger partial charge in [-0.2, -0.15) is 10.5 Å². The Bertz CT molecular complexity index is 1350. The maximum absolute atomic E-state index is 12.7.